The number of H-pyrrole nitrogens is 1. The summed E-state index contributed by atoms with van der Waals surface area (Å²) in [6.07, 6.45) is 6.62. The van der Waals surface area contributed by atoms with Crippen LogP contribution >= 0.6 is 0 Å². The molecule has 1 aliphatic rings. The van der Waals surface area contributed by atoms with Crippen LogP contribution in [-0.2, 0) is 15.0 Å². The lowest BCUT2D eigenvalue weighted by molar-refractivity contribution is -0.125. The van der Waals surface area contributed by atoms with Crippen LogP contribution in [0.25, 0.3) is 17.0 Å². The van der Waals surface area contributed by atoms with Crippen LogP contribution in [0.3, 0.4) is 0 Å². The molecular formula is C24H27N5O3. The summed E-state index contributed by atoms with van der Waals surface area (Å²) in [5.74, 6) is -0.747. The summed E-state index contributed by atoms with van der Waals surface area (Å²) >= 11 is 0. The van der Waals surface area contributed by atoms with Crippen LogP contribution in [0.2, 0.25) is 0 Å². The molecule has 2 unspecified atom stereocenters. The summed E-state index contributed by atoms with van der Waals surface area (Å²) in [5, 5.41) is 17.7. The normalized spacial score (nSPS) is 18.5. The Hall–Kier alpha value is -3.52. The van der Waals surface area contributed by atoms with Crippen LogP contribution in [0.5, 0.6) is 0 Å². The Bertz CT molecular complexity index is 1170. The number of carbonyl (C=O) groups is 2. The van der Waals surface area contributed by atoms with Gasteiger partial charge in [-0.1, -0.05) is 26.0 Å². The van der Waals surface area contributed by atoms with Gasteiger partial charge in [-0.3, -0.25) is 19.7 Å². The fraction of sp³-hybridized carbons (Fsp3) is 0.333. The molecule has 0 saturated carbocycles. The summed E-state index contributed by atoms with van der Waals surface area (Å²) in [7, 11) is 0. The van der Waals surface area contributed by atoms with Gasteiger partial charge in [0.15, 0.2) is 0 Å². The van der Waals surface area contributed by atoms with Gasteiger partial charge >= 0.3 is 0 Å². The van der Waals surface area contributed by atoms with E-state index in [4.69, 9.17) is 5.73 Å². The first-order chi connectivity index (χ1) is 15.3. The van der Waals surface area contributed by atoms with Crippen molar-refractivity contribution in [1.82, 2.24) is 20.1 Å². The van der Waals surface area contributed by atoms with Crippen LogP contribution in [0.1, 0.15) is 37.1 Å². The van der Waals surface area contributed by atoms with E-state index in [9.17, 15) is 14.7 Å². The van der Waals surface area contributed by atoms with E-state index in [0.717, 1.165) is 16.5 Å². The highest BCUT2D eigenvalue weighted by atomic mass is 16.3. The van der Waals surface area contributed by atoms with E-state index in [-0.39, 0.29) is 11.8 Å². The quantitative estimate of drug-likeness (QED) is 0.513. The fourth-order valence-corrected chi connectivity index (χ4v) is 4.60. The molecule has 0 aliphatic carbocycles. The lowest BCUT2D eigenvalue weighted by atomic mass is 9.66. The van der Waals surface area contributed by atoms with Crippen molar-refractivity contribution >= 4 is 28.8 Å². The number of aliphatic hydroxyl groups is 1. The van der Waals surface area contributed by atoms with Crippen molar-refractivity contribution in [2.75, 3.05) is 13.1 Å². The van der Waals surface area contributed by atoms with E-state index in [0.29, 0.717) is 30.7 Å². The molecule has 0 bridgehead atoms. The Morgan fingerprint density at radius 2 is 2.12 bits per heavy atom. The molecule has 2 atom stereocenters. The SMILES string of the molecule is CC(C)C(C(N)=O)(c1cccnc1)c1ccc2n[nH]c(C=CC(=O)N3CCC(O)C3)c2c1. The standard InChI is InChI=1S/C24H27N5O3/c1-15(2)24(23(25)32,17-4-3-10-26-13-17)16-5-6-20-19(12-16)21(28-27-20)7-8-22(31)29-11-9-18(30)14-29/h3-8,10,12-13,15,18,30H,9,11,14H2,1-2H3,(H2,25,32)(H,27,28). The van der Waals surface area contributed by atoms with E-state index in [1.807, 2.05) is 38.1 Å². The molecule has 2 amide bonds. The number of nitrogens with one attached hydrogen (secondary N) is 1. The van der Waals surface area contributed by atoms with E-state index in [1.165, 1.54) is 6.08 Å². The van der Waals surface area contributed by atoms with E-state index < -0.39 is 17.4 Å². The number of primary amides is 1. The highest BCUT2D eigenvalue weighted by Gasteiger charge is 2.44. The summed E-state index contributed by atoms with van der Waals surface area (Å²) in [5.41, 5.74) is 7.77. The number of hydrogen-bond donors (Lipinski definition) is 3. The number of carbonyl (C=O) groups excluding carboxylic acids is 2. The minimum atomic E-state index is -1.07. The fourth-order valence-electron chi connectivity index (χ4n) is 4.60. The first kappa shape index (κ1) is 21.7. The van der Waals surface area contributed by atoms with Gasteiger partial charge in [-0.15, -0.1) is 0 Å². The highest BCUT2D eigenvalue weighted by Crippen LogP contribution is 2.40. The number of benzene rings is 1. The van der Waals surface area contributed by atoms with Gasteiger partial charge in [0.25, 0.3) is 0 Å². The van der Waals surface area contributed by atoms with Crippen LogP contribution < -0.4 is 5.73 Å². The number of likely N-dealkylation sites (tertiary alicyclic amines) is 1. The van der Waals surface area contributed by atoms with E-state index in [1.54, 1.807) is 29.4 Å². The van der Waals surface area contributed by atoms with Gasteiger partial charge in [-0.25, -0.2) is 0 Å². The third-order valence-electron chi connectivity index (χ3n) is 6.28. The molecule has 4 rings (SSSR count). The lowest BCUT2D eigenvalue weighted by Gasteiger charge is -2.35. The number of nitrogens with zero attached hydrogens (tertiary/aromatic N) is 3. The van der Waals surface area contributed by atoms with Gasteiger partial charge < -0.3 is 15.7 Å². The molecule has 1 fully saturated rings. The smallest absolute Gasteiger partial charge is 0.246 e. The molecule has 4 N–H and O–H groups in total. The minimum absolute atomic E-state index is 0.129. The number of aromatic amines is 1. The number of nitrogens with two attached hydrogens (primary N) is 1. The van der Waals surface area contributed by atoms with Crippen LogP contribution in [-0.4, -0.2) is 56.2 Å². The molecule has 166 valence electrons. The van der Waals surface area contributed by atoms with Crippen LogP contribution in [0.4, 0.5) is 0 Å². The average Bonchev–Trinajstić information content (AvgIpc) is 3.39. The Balaban J connectivity index is 1.76. The number of amides is 2. The predicted molar refractivity (Wildman–Crippen MR) is 121 cm³/mol. The Labute approximate surface area is 186 Å². The molecule has 1 aliphatic heterocycles. The van der Waals surface area contributed by atoms with Crippen molar-refractivity contribution in [2.45, 2.75) is 31.8 Å². The zero-order valence-corrected chi connectivity index (χ0v) is 18.2. The van der Waals surface area contributed by atoms with Gasteiger partial charge in [0, 0.05) is 36.9 Å². The second kappa shape index (κ2) is 8.55. The average molecular weight is 434 g/mol. The maximum Gasteiger partial charge on any atom is 0.246 e. The van der Waals surface area contributed by atoms with Gasteiger partial charge in [-0.05, 0) is 47.7 Å². The third-order valence-corrected chi connectivity index (χ3v) is 6.28. The number of aliphatic hydroxyl groups excluding tert-OH is 1. The third kappa shape index (κ3) is 3.67. The van der Waals surface area contributed by atoms with Gasteiger partial charge in [0.2, 0.25) is 11.8 Å². The predicted octanol–water partition coefficient (Wildman–Crippen LogP) is 1.99. The second-order valence-electron chi connectivity index (χ2n) is 8.50. The Kier molecular flexibility index (Phi) is 5.80. The molecule has 3 heterocycles. The number of β-amino-alcohol motifs (C(OH)–C–C–N with tert-alkyl or cyclic N) is 1. The van der Waals surface area contributed by atoms with Crippen molar-refractivity contribution in [3.63, 3.8) is 0 Å². The first-order valence-electron chi connectivity index (χ1n) is 10.7. The number of fused-ring (bicyclic) bond motifs is 1. The summed E-state index contributed by atoms with van der Waals surface area (Å²) in [4.78, 5) is 31.2. The number of aromatic nitrogens is 3. The molecule has 2 aromatic heterocycles. The maximum absolute atomic E-state index is 12.9. The molecule has 3 aromatic rings. The highest BCUT2D eigenvalue weighted by molar-refractivity contribution is 5.97. The zero-order valence-electron chi connectivity index (χ0n) is 18.2. The largest absolute Gasteiger partial charge is 0.391 e. The van der Waals surface area contributed by atoms with E-state index >= 15 is 0 Å². The van der Waals surface area contributed by atoms with Crippen molar-refractivity contribution in [2.24, 2.45) is 11.7 Å². The first-order valence-corrected chi connectivity index (χ1v) is 10.7. The number of pyridine rings is 1. The molecular weight excluding hydrogens is 406 g/mol. The van der Waals surface area contributed by atoms with Crippen molar-refractivity contribution in [3.8, 4) is 0 Å². The van der Waals surface area contributed by atoms with Crippen molar-refractivity contribution < 1.29 is 14.7 Å². The maximum atomic E-state index is 12.9. The lowest BCUT2D eigenvalue weighted by Crippen LogP contribution is -2.46. The number of hydrogen-bond acceptors (Lipinski definition) is 5. The van der Waals surface area contributed by atoms with Crippen molar-refractivity contribution in [3.05, 3.63) is 65.6 Å². The molecule has 0 radical (unpaired) electrons. The van der Waals surface area contributed by atoms with Crippen LogP contribution in [0, 0.1) is 5.92 Å². The summed E-state index contributed by atoms with van der Waals surface area (Å²) in [6.45, 7) is 4.80. The summed E-state index contributed by atoms with van der Waals surface area (Å²) in [6, 6.07) is 9.27. The molecule has 0 spiro atoms. The topological polar surface area (TPSA) is 125 Å². The van der Waals surface area contributed by atoms with E-state index in [2.05, 4.69) is 15.2 Å². The monoisotopic (exact) mass is 433 g/mol. The molecule has 32 heavy (non-hydrogen) atoms. The zero-order chi connectivity index (χ0) is 22.9. The molecule has 8 nitrogen and oxygen atoms in total. The summed E-state index contributed by atoms with van der Waals surface area (Å²) < 4.78 is 0. The minimum Gasteiger partial charge on any atom is -0.391 e. The van der Waals surface area contributed by atoms with Gasteiger partial charge in [-0.2, -0.15) is 5.10 Å². The Morgan fingerprint density at radius 1 is 1.31 bits per heavy atom. The van der Waals surface area contributed by atoms with Gasteiger partial charge in [0.1, 0.15) is 5.41 Å². The van der Waals surface area contributed by atoms with Gasteiger partial charge in [0.05, 0.1) is 17.3 Å². The molecule has 8 heteroatoms. The molecule has 1 saturated heterocycles. The van der Waals surface area contributed by atoms with Crippen molar-refractivity contribution in [1.29, 1.82) is 0 Å². The molecule has 1 aromatic carbocycles. The van der Waals surface area contributed by atoms with Crippen LogP contribution in [0.15, 0.2) is 48.8 Å². The number of rotatable bonds is 6. The second-order valence-corrected chi connectivity index (χ2v) is 8.50. The Morgan fingerprint density at radius 3 is 2.75 bits per heavy atom.